The molecule has 6 nitrogen and oxygen atoms in total. The molecule has 2 atom stereocenters. The highest BCUT2D eigenvalue weighted by atomic mass is 16.6. The van der Waals surface area contributed by atoms with E-state index in [9.17, 15) is 9.59 Å². The summed E-state index contributed by atoms with van der Waals surface area (Å²) >= 11 is 0. The third-order valence-corrected chi connectivity index (χ3v) is 2.64. The van der Waals surface area contributed by atoms with E-state index in [-0.39, 0.29) is 12.5 Å². The molecule has 0 bridgehead atoms. The van der Waals surface area contributed by atoms with Gasteiger partial charge in [-0.2, -0.15) is 0 Å². The Morgan fingerprint density at radius 3 is 2.56 bits per heavy atom. The topological polar surface area (TPSA) is 90.6 Å². The van der Waals surface area contributed by atoms with E-state index in [1.807, 2.05) is 0 Å². The van der Waals surface area contributed by atoms with Crippen molar-refractivity contribution >= 4 is 12.2 Å². The Morgan fingerprint density at radius 1 is 1.56 bits per heavy atom. The molecule has 0 aliphatic heterocycles. The van der Waals surface area contributed by atoms with Gasteiger partial charge in [0.1, 0.15) is 12.2 Å². The van der Waals surface area contributed by atoms with Crippen LogP contribution in [0.3, 0.4) is 0 Å². The van der Waals surface area contributed by atoms with Gasteiger partial charge >= 0.3 is 12.2 Å². The molecular weight excluding hydrogens is 236 g/mol. The number of alkyl carbamates (subject to hydrolysis) is 1. The number of primary amides is 1. The van der Waals surface area contributed by atoms with Crippen molar-refractivity contribution in [3.63, 3.8) is 0 Å². The summed E-state index contributed by atoms with van der Waals surface area (Å²) in [7, 11) is 0. The van der Waals surface area contributed by atoms with Crippen LogP contribution in [0.25, 0.3) is 0 Å². The van der Waals surface area contributed by atoms with Crippen molar-refractivity contribution in [1.29, 1.82) is 0 Å². The number of ether oxygens (including phenoxy) is 2. The standard InChI is InChI=1S/C12H20N2O4/c1-5-8-6-12(8,7-17-9(13)15)14-10(16)18-11(2,3)4/h5,8H,1,6-7H2,2-4H3,(H2,13,15)(H,14,16)/t8-,12-/m0/s1. The van der Waals surface area contributed by atoms with Crippen LogP contribution in [0.4, 0.5) is 9.59 Å². The minimum Gasteiger partial charge on any atom is -0.447 e. The van der Waals surface area contributed by atoms with Crippen molar-refractivity contribution < 1.29 is 19.1 Å². The summed E-state index contributed by atoms with van der Waals surface area (Å²) in [5, 5.41) is 2.72. The van der Waals surface area contributed by atoms with Crippen LogP contribution in [-0.2, 0) is 9.47 Å². The summed E-state index contributed by atoms with van der Waals surface area (Å²) in [5.41, 5.74) is 3.72. The molecule has 1 fully saturated rings. The van der Waals surface area contributed by atoms with Crippen LogP contribution in [0.2, 0.25) is 0 Å². The Labute approximate surface area is 106 Å². The van der Waals surface area contributed by atoms with E-state index in [1.54, 1.807) is 26.8 Å². The predicted molar refractivity (Wildman–Crippen MR) is 65.9 cm³/mol. The van der Waals surface area contributed by atoms with Crippen LogP contribution >= 0.6 is 0 Å². The molecule has 6 heteroatoms. The van der Waals surface area contributed by atoms with Gasteiger partial charge in [0.05, 0.1) is 5.54 Å². The number of hydrogen-bond acceptors (Lipinski definition) is 4. The van der Waals surface area contributed by atoms with Gasteiger partial charge in [-0.25, -0.2) is 9.59 Å². The van der Waals surface area contributed by atoms with Gasteiger partial charge < -0.3 is 20.5 Å². The summed E-state index contributed by atoms with van der Waals surface area (Å²) < 4.78 is 9.91. The largest absolute Gasteiger partial charge is 0.447 e. The van der Waals surface area contributed by atoms with Crippen molar-refractivity contribution in [2.75, 3.05) is 6.61 Å². The lowest BCUT2D eigenvalue weighted by atomic mass is 10.2. The number of nitrogens with one attached hydrogen (secondary N) is 1. The summed E-state index contributed by atoms with van der Waals surface area (Å²) in [6.45, 7) is 9.01. The SMILES string of the molecule is C=C[C@H]1C[C@@]1(COC(N)=O)NC(=O)OC(C)(C)C. The molecule has 18 heavy (non-hydrogen) atoms. The average Bonchev–Trinajstić information content (AvgIpc) is 2.86. The molecule has 0 spiro atoms. The van der Waals surface area contributed by atoms with Gasteiger partial charge in [0, 0.05) is 5.92 Å². The maximum absolute atomic E-state index is 11.7. The van der Waals surface area contributed by atoms with Crippen molar-refractivity contribution in [2.24, 2.45) is 11.7 Å². The zero-order valence-electron chi connectivity index (χ0n) is 11.0. The van der Waals surface area contributed by atoms with E-state index in [0.29, 0.717) is 6.42 Å². The summed E-state index contributed by atoms with van der Waals surface area (Å²) in [6, 6.07) is 0. The summed E-state index contributed by atoms with van der Waals surface area (Å²) in [4.78, 5) is 22.3. The Kier molecular flexibility index (Phi) is 3.88. The molecule has 102 valence electrons. The molecule has 0 saturated heterocycles. The summed E-state index contributed by atoms with van der Waals surface area (Å²) in [6.07, 6.45) is 0.958. The average molecular weight is 256 g/mol. The van der Waals surface area contributed by atoms with Gasteiger partial charge in [-0.3, -0.25) is 0 Å². The number of carbonyl (C=O) groups excluding carboxylic acids is 2. The maximum atomic E-state index is 11.7. The Balaban J connectivity index is 2.56. The first-order valence-electron chi connectivity index (χ1n) is 5.74. The molecular formula is C12H20N2O4. The number of hydrogen-bond donors (Lipinski definition) is 2. The quantitative estimate of drug-likeness (QED) is 0.747. The van der Waals surface area contributed by atoms with Crippen molar-refractivity contribution in [3.8, 4) is 0 Å². The fourth-order valence-corrected chi connectivity index (χ4v) is 1.69. The second kappa shape index (κ2) is 4.88. The Bertz CT molecular complexity index is 362. The van der Waals surface area contributed by atoms with Gasteiger partial charge in [0.25, 0.3) is 0 Å². The fourth-order valence-electron chi connectivity index (χ4n) is 1.69. The molecule has 1 saturated carbocycles. The molecule has 1 aliphatic carbocycles. The molecule has 0 aromatic carbocycles. The highest BCUT2D eigenvalue weighted by Gasteiger charge is 2.55. The predicted octanol–water partition coefficient (Wildman–Crippen LogP) is 1.55. The van der Waals surface area contributed by atoms with Gasteiger partial charge in [0.15, 0.2) is 0 Å². The van der Waals surface area contributed by atoms with Crippen LogP contribution in [0, 0.1) is 5.92 Å². The minimum absolute atomic E-state index is 0.0261. The first-order chi connectivity index (χ1) is 8.18. The zero-order chi connectivity index (χ0) is 14.0. The van der Waals surface area contributed by atoms with Crippen molar-refractivity contribution in [2.45, 2.75) is 38.3 Å². The van der Waals surface area contributed by atoms with E-state index in [1.165, 1.54) is 0 Å². The number of rotatable bonds is 4. The lowest BCUT2D eigenvalue weighted by Crippen LogP contribution is -2.45. The summed E-state index contributed by atoms with van der Waals surface area (Å²) in [5.74, 6) is 0.0596. The van der Waals surface area contributed by atoms with Gasteiger partial charge in [-0.05, 0) is 27.2 Å². The van der Waals surface area contributed by atoms with Crippen molar-refractivity contribution in [3.05, 3.63) is 12.7 Å². The van der Waals surface area contributed by atoms with Crippen LogP contribution in [0.1, 0.15) is 27.2 Å². The highest BCUT2D eigenvalue weighted by molar-refractivity contribution is 5.70. The van der Waals surface area contributed by atoms with E-state index in [2.05, 4.69) is 11.9 Å². The highest BCUT2D eigenvalue weighted by Crippen LogP contribution is 2.44. The van der Waals surface area contributed by atoms with Crippen LogP contribution in [-0.4, -0.2) is 29.9 Å². The normalized spacial score (nSPS) is 26.1. The Hall–Kier alpha value is -1.72. The second-order valence-corrected chi connectivity index (χ2v) is 5.44. The van der Waals surface area contributed by atoms with Crippen LogP contribution in [0.15, 0.2) is 12.7 Å². The third-order valence-electron chi connectivity index (χ3n) is 2.64. The van der Waals surface area contributed by atoms with Crippen LogP contribution in [0.5, 0.6) is 0 Å². The number of carbonyl (C=O) groups is 2. The van der Waals surface area contributed by atoms with Gasteiger partial charge in [0.2, 0.25) is 0 Å². The van der Waals surface area contributed by atoms with E-state index in [4.69, 9.17) is 15.2 Å². The monoisotopic (exact) mass is 256 g/mol. The first kappa shape index (κ1) is 14.3. The zero-order valence-corrected chi connectivity index (χ0v) is 11.0. The van der Waals surface area contributed by atoms with Gasteiger partial charge in [-0.15, -0.1) is 6.58 Å². The molecule has 1 rings (SSSR count). The lowest BCUT2D eigenvalue weighted by Gasteiger charge is -2.23. The number of nitrogens with two attached hydrogens (primary N) is 1. The van der Waals surface area contributed by atoms with Gasteiger partial charge in [-0.1, -0.05) is 6.08 Å². The Morgan fingerprint density at radius 2 is 2.17 bits per heavy atom. The third kappa shape index (κ3) is 3.94. The molecule has 0 aromatic heterocycles. The molecule has 3 N–H and O–H groups in total. The molecule has 2 amide bonds. The number of amides is 2. The van der Waals surface area contributed by atoms with E-state index >= 15 is 0 Å². The van der Waals surface area contributed by atoms with E-state index in [0.717, 1.165) is 0 Å². The second-order valence-electron chi connectivity index (χ2n) is 5.44. The smallest absolute Gasteiger partial charge is 0.408 e. The lowest BCUT2D eigenvalue weighted by molar-refractivity contribution is 0.0454. The van der Waals surface area contributed by atoms with Crippen LogP contribution < -0.4 is 11.1 Å². The molecule has 0 unspecified atom stereocenters. The molecule has 1 aliphatic rings. The molecule has 0 aromatic rings. The van der Waals surface area contributed by atoms with Crippen molar-refractivity contribution in [1.82, 2.24) is 5.32 Å². The molecule has 0 radical (unpaired) electrons. The fraction of sp³-hybridized carbons (Fsp3) is 0.667. The van der Waals surface area contributed by atoms with E-state index < -0.39 is 23.3 Å². The minimum atomic E-state index is -0.866. The maximum Gasteiger partial charge on any atom is 0.408 e. The first-order valence-corrected chi connectivity index (χ1v) is 5.74. The molecule has 0 heterocycles.